The molecule has 0 aliphatic carbocycles. The van der Waals surface area contributed by atoms with Gasteiger partial charge in [0.05, 0.1) is 51.0 Å². The van der Waals surface area contributed by atoms with Crippen LogP contribution in [0.2, 0.25) is 20.1 Å². The number of carbonyl (C=O) groups excluding carboxylic acids is 4. The number of ether oxygens (including phenoxy) is 2. The van der Waals surface area contributed by atoms with E-state index in [9.17, 15) is 39.4 Å². The van der Waals surface area contributed by atoms with Crippen LogP contribution < -0.4 is 16.0 Å². The zero-order valence-corrected chi connectivity index (χ0v) is 41.9. The molecule has 0 unspecified atom stereocenters. The smallest absolute Gasteiger partial charge is 0.325 e. The van der Waals surface area contributed by atoms with Crippen LogP contribution in [0.5, 0.6) is 0 Å². The van der Waals surface area contributed by atoms with E-state index in [1.807, 2.05) is 24.3 Å². The molecule has 23 heteroatoms. The summed E-state index contributed by atoms with van der Waals surface area (Å²) in [6, 6.07) is 13.6. The summed E-state index contributed by atoms with van der Waals surface area (Å²) in [5, 5.41) is 31.6. The molecule has 62 heavy (non-hydrogen) atoms. The Balaban J connectivity index is 0.000000222. The maximum absolute atomic E-state index is 11.3. The number of anilines is 3. The summed E-state index contributed by atoms with van der Waals surface area (Å²) >= 11 is 36.6. The maximum atomic E-state index is 11.3. The highest BCUT2D eigenvalue weighted by molar-refractivity contribution is 9.11. The highest BCUT2D eigenvalue weighted by Gasteiger charge is 2.24. The number of aryl methyl sites for hydroxylation is 1. The average molecular weight is 1200 g/mol. The largest absolute Gasteiger partial charge is 0.466 e. The zero-order chi connectivity index (χ0) is 46.3. The van der Waals surface area contributed by atoms with E-state index in [4.69, 9.17) is 55.9 Å². The molecule has 1 amide bonds. The van der Waals surface area contributed by atoms with E-state index in [-0.39, 0.29) is 71.4 Å². The minimum atomic E-state index is -0.611. The molecule has 2 heterocycles. The second-order valence-corrected chi connectivity index (χ2v) is 17.5. The molecule has 0 bridgehead atoms. The lowest BCUT2D eigenvalue weighted by Gasteiger charge is -2.19. The van der Waals surface area contributed by atoms with Crippen LogP contribution in [0.25, 0.3) is 0 Å². The third kappa shape index (κ3) is 15.3. The van der Waals surface area contributed by atoms with Crippen LogP contribution in [-0.2, 0) is 47.9 Å². The minimum absolute atomic E-state index is 0.0196. The van der Waals surface area contributed by atoms with Gasteiger partial charge in [-0.15, -0.1) is 0 Å². The fourth-order valence-corrected chi connectivity index (χ4v) is 8.10. The Morgan fingerprint density at radius 2 is 1.32 bits per heavy atom. The predicted molar refractivity (Wildman–Crippen MR) is 254 cm³/mol. The summed E-state index contributed by atoms with van der Waals surface area (Å²) in [4.78, 5) is 65.4. The van der Waals surface area contributed by atoms with Crippen LogP contribution >= 0.6 is 110 Å². The predicted octanol–water partition coefficient (Wildman–Crippen LogP) is 12.1. The van der Waals surface area contributed by atoms with Gasteiger partial charge in [-0.1, -0.05) is 84.3 Å². The number of ketones is 1. The lowest BCUT2D eigenvalue weighted by molar-refractivity contribution is -0.385. The SMILES string of the molecule is CCOC(=O)CCc1c(Br)ccc(Cl)c1[N+](=O)[O-].CCOC(=O)CNc1ccc(Br)c(Cl)c1[N+](=O)[O-].O=C1CCc2ccc(Br)c(Cl)c2N1.O=C1CNc2c(Cl)ccc(Br)c2C1. The number of hydrogen-bond donors (Lipinski definition) is 3. The van der Waals surface area contributed by atoms with E-state index in [0.717, 1.165) is 37.9 Å². The summed E-state index contributed by atoms with van der Waals surface area (Å²) < 4.78 is 12.2. The lowest BCUT2D eigenvalue weighted by Crippen LogP contribution is -2.23. The molecule has 4 aromatic rings. The van der Waals surface area contributed by atoms with Crippen molar-refractivity contribution in [2.75, 3.05) is 42.3 Å². The molecular weight excluding hydrogens is 1160 g/mol. The quantitative estimate of drug-likeness (QED) is 0.0770. The van der Waals surface area contributed by atoms with Crippen LogP contribution in [0.1, 0.15) is 43.4 Å². The molecule has 6 rings (SSSR count). The molecule has 2 aliphatic heterocycles. The first-order chi connectivity index (χ1) is 29.3. The van der Waals surface area contributed by atoms with Gasteiger partial charge in [-0.05, 0) is 112 Å². The fraction of sp³-hybridized carbons (Fsp3) is 0.282. The molecule has 332 valence electrons. The van der Waals surface area contributed by atoms with Crippen LogP contribution in [0.3, 0.4) is 0 Å². The molecule has 0 atom stereocenters. The molecule has 0 saturated carbocycles. The lowest BCUT2D eigenvalue weighted by atomic mass is 10.0. The number of halogens is 8. The fourth-order valence-electron chi connectivity index (χ4n) is 5.51. The molecule has 0 fully saturated rings. The van der Waals surface area contributed by atoms with Crippen molar-refractivity contribution in [2.45, 2.75) is 46.0 Å². The number of hydrogen-bond acceptors (Lipinski definition) is 12. The molecular formula is C39H35Br4Cl4N5O10. The van der Waals surface area contributed by atoms with Gasteiger partial charge in [-0.2, -0.15) is 0 Å². The first-order valence-corrected chi connectivity index (χ1v) is 22.8. The Labute approximate surface area is 409 Å². The molecule has 0 radical (unpaired) electrons. The van der Waals surface area contributed by atoms with Crippen molar-refractivity contribution < 1.29 is 38.5 Å². The minimum Gasteiger partial charge on any atom is -0.466 e. The van der Waals surface area contributed by atoms with Gasteiger partial charge in [0.1, 0.15) is 22.3 Å². The monoisotopic (exact) mass is 1190 g/mol. The van der Waals surface area contributed by atoms with E-state index in [0.29, 0.717) is 43.9 Å². The zero-order valence-electron chi connectivity index (χ0n) is 32.5. The highest BCUT2D eigenvalue weighted by atomic mass is 79.9. The number of nitro groups is 2. The van der Waals surface area contributed by atoms with Crippen molar-refractivity contribution in [2.24, 2.45) is 0 Å². The molecule has 0 aromatic heterocycles. The van der Waals surface area contributed by atoms with E-state index in [2.05, 4.69) is 79.7 Å². The van der Waals surface area contributed by atoms with Crippen molar-refractivity contribution in [3.8, 4) is 0 Å². The maximum Gasteiger partial charge on any atom is 0.325 e. The van der Waals surface area contributed by atoms with Gasteiger partial charge in [-0.3, -0.25) is 39.4 Å². The van der Waals surface area contributed by atoms with Crippen molar-refractivity contribution in [1.82, 2.24) is 0 Å². The number of nitro benzene ring substituents is 2. The van der Waals surface area contributed by atoms with Crippen LogP contribution in [0, 0.1) is 20.2 Å². The van der Waals surface area contributed by atoms with Gasteiger partial charge in [-0.25, -0.2) is 0 Å². The van der Waals surface area contributed by atoms with E-state index in [1.165, 1.54) is 12.1 Å². The Hall–Kier alpha value is -3.56. The molecule has 2 aliphatic rings. The molecule has 3 N–H and O–H groups in total. The Morgan fingerprint density at radius 3 is 1.97 bits per heavy atom. The summed E-state index contributed by atoms with van der Waals surface area (Å²) in [5.74, 6) is -0.660. The van der Waals surface area contributed by atoms with Gasteiger partial charge >= 0.3 is 17.6 Å². The number of Topliss-reactive ketones (excluding diaryl/α,β-unsaturated/α-hetero) is 1. The first kappa shape index (κ1) is 52.8. The van der Waals surface area contributed by atoms with Gasteiger partial charge in [0.2, 0.25) is 5.91 Å². The summed E-state index contributed by atoms with van der Waals surface area (Å²) in [6.07, 6.45) is 2.06. The van der Waals surface area contributed by atoms with Crippen LogP contribution in [0.4, 0.5) is 28.4 Å². The number of fused-ring (bicyclic) bond motifs is 2. The van der Waals surface area contributed by atoms with E-state index < -0.39 is 21.8 Å². The Morgan fingerprint density at radius 1 is 0.742 bits per heavy atom. The van der Waals surface area contributed by atoms with Gasteiger partial charge in [0.25, 0.3) is 5.69 Å². The normalized spacial score (nSPS) is 12.2. The third-order valence-corrected chi connectivity index (χ3v) is 13.0. The number of benzene rings is 4. The second-order valence-electron chi connectivity index (χ2n) is 12.5. The number of nitrogens with one attached hydrogen (secondary N) is 3. The average Bonchev–Trinajstić information content (AvgIpc) is 3.22. The second kappa shape index (κ2) is 25.7. The Bertz CT molecular complexity index is 2340. The number of amides is 1. The summed E-state index contributed by atoms with van der Waals surface area (Å²) in [7, 11) is 0. The first-order valence-electron chi connectivity index (χ1n) is 18.1. The Kier molecular flexibility index (Phi) is 21.8. The van der Waals surface area contributed by atoms with Crippen LogP contribution in [0.15, 0.2) is 66.4 Å². The number of nitrogens with zero attached hydrogens (tertiary/aromatic N) is 2. The molecule has 4 aromatic carbocycles. The molecule has 15 nitrogen and oxygen atoms in total. The van der Waals surface area contributed by atoms with Gasteiger partial charge < -0.3 is 25.4 Å². The summed E-state index contributed by atoms with van der Waals surface area (Å²) in [5.41, 5.74) is 3.83. The number of esters is 2. The van der Waals surface area contributed by atoms with E-state index >= 15 is 0 Å². The van der Waals surface area contributed by atoms with Crippen LogP contribution in [-0.4, -0.2) is 59.8 Å². The molecule has 0 saturated heterocycles. The standard InChI is InChI=1S/C11H11BrClNO4.C10H10BrClN2O4.2C9H7BrClNO/c1-2-18-10(15)6-3-7-8(12)4-5-9(13)11(7)14(16)17;1-2-18-8(15)5-13-7-4-3-6(11)9(12)10(7)14(16)17;10-6-3-1-5-2-4-7(13)12-9(5)8(6)11;10-7-1-2-8(11)9-6(7)3-5(13)4-12-9/h4-5H,2-3,6H2,1H3;3-4,13H,2,5H2,1H3;1,3H,2,4H2,(H,12,13);1-2,12H,3-4H2. The number of rotatable bonds is 10. The third-order valence-electron chi connectivity index (χ3n) is 8.33. The van der Waals surface area contributed by atoms with Crippen molar-refractivity contribution in [3.05, 3.63) is 123 Å². The highest BCUT2D eigenvalue weighted by Crippen LogP contribution is 2.39. The van der Waals surface area contributed by atoms with E-state index in [1.54, 1.807) is 26.0 Å². The topological polar surface area (TPSA) is 209 Å². The number of carbonyl (C=O) groups is 4. The van der Waals surface area contributed by atoms with Gasteiger partial charge in [0, 0.05) is 42.7 Å². The van der Waals surface area contributed by atoms with Gasteiger partial charge in [0.15, 0.2) is 5.78 Å². The van der Waals surface area contributed by atoms with Crippen molar-refractivity contribution in [1.29, 1.82) is 0 Å². The molecule has 0 spiro atoms. The van der Waals surface area contributed by atoms with Crippen molar-refractivity contribution >= 4 is 162 Å². The van der Waals surface area contributed by atoms with Crippen molar-refractivity contribution in [3.63, 3.8) is 0 Å². The summed E-state index contributed by atoms with van der Waals surface area (Å²) in [6.45, 7) is 4.14.